The largest absolute Gasteiger partial charge is 0.305 e. The van der Waals surface area contributed by atoms with Crippen LogP contribution in [0.15, 0.2) is 33.6 Å². The third kappa shape index (κ3) is 2.73. The van der Waals surface area contributed by atoms with Gasteiger partial charge in [-0.1, -0.05) is 19.1 Å². The molecule has 1 aromatic carbocycles. The standard InChI is InChI=1S/C12H12BrFN2S/c1-2-15-12(10-6-17-7-16-10)8-4-3-5-9(13)11(8)14/h3-7,12,15H,2H2,1H3. The Hall–Kier alpha value is -0.780. The fourth-order valence-electron chi connectivity index (χ4n) is 1.69. The van der Waals surface area contributed by atoms with Crippen LogP contribution in [0.5, 0.6) is 0 Å². The Morgan fingerprint density at radius 1 is 1.53 bits per heavy atom. The van der Waals surface area contributed by atoms with Crippen molar-refractivity contribution in [1.82, 2.24) is 10.3 Å². The number of nitrogens with zero attached hydrogens (tertiary/aromatic N) is 1. The molecule has 2 nitrogen and oxygen atoms in total. The van der Waals surface area contributed by atoms with E-state index >= 15 is 0 Å². The van der Waals surface area contributed by atoms with Crippen molar-refractivity contribution in [3.8, 4) is 0 Å². The third-order valence-corrected chi connectivity index (χ3v) is 3.67. The predicted molar refractivity (Wildman–Crippen MR) is 71.7 cm³/mol. The van der Waals surface area contributed by atoms with Crippen molar-refractivity contribution >= 4 is 27.3 Å². The normalized spacial score (nSPS) is 12.6. The lowest BCUT2D eigenvalue weighted by molar-refractivity contribution is 0.549. The number of benzene rings is 1. The second-order valence-corrected chi connectivity index (χ2v) is 5.12. The summed E-state index contributed by atoms with van der Waals surface area (Å²) in [6.07, 6.45) is 0. The molecule has 90 valence electrons. The monoisotopic (exact) mass is 314 g/mol. The van der Waals surface area contributed by atoms with Crippen molar-refractivity contribution in [2.75, 3.05) is 6.54 Å². The van der Waals surface area contributed by atoms with Crippen LogP contribution in [-0.2, 0) is 0 Å². The second kappa shape index (κ2) is 5.71. The van der Waals surface area contributed by atoms with Crippen LogP contribution in [0.4, 0.5) is 4.39 Å². The molecule has 0 spiro atoms. The van der Waals surface area contributed by atoms with Gasteiger partial charge in [0.2, 0.25) is 0 Å². The van der Waals surface area contributed by atoms with Crippen molar-refractivity contribution in [1.29, 1.82) is 0 Å². The molecule has 0 amide bonds. The zero-order valence-electron chi connectivity index (χ0n) is 9.28. The molecule has 1 N–H and O–H groups in total. The van der Waals surface area contributed by atoms with E-state index in [1.807, 2.05) is 18.4 Å². The maximum atomic E-state index is 14.1. The summed E-state index contributed by atoms with van der Waals surface area (Å²) in [5.41, 5.74) is 3.23. The Morgan fingerprint density at radius 3 is 3.00 bits per heavy atom. The van der Waals surface area contributed by atoms with E-state index in [-0.39, 0.29) is 11.9 Å². The molecule has 0 bridgehead atoms. The Morgan fingerprint density at radius 2 is 2.35 bits per heavy atom. The molecule has 2 aromatic rings. The fraction of sp³-hybridized carbons (Fsp3) is 0.250. The van der Waals surface area contributed by atoms with Crippen LogP contribution in [-0.4, -0.2) is 11.5 Å². The van der Waals surface area contributed by atoms with Crippen LogP contribution in [0, 0.1) is 5.82 Å². The third-order valence-electron chi connectivity index (χ3n) is 2.45. The first-order valence-corrected chi connectivity index (χ1v) is 7.03. The minimum Gasteiger partial charge on any atom is -0.305 e. The van der Waals surface area contributed by atoms with Crippen LogP contribution >= 0.6 is 27.3 Å². The number of aromatic nitrogens is 1. The van der Waals surface area contributed by atoms with E-state index in [2.05, 4.69) is 26.2 Å². The van der Waals surface area contributed by atoms with Crippen molar-refractivity contribution < 1.29 is 4.39 Å². The summed E-state index contributed by atoms with van der Waals surface area (Å²) in [5, 5.41) is 5.19. The number of halogens is 2. The second-order valence-electron chi connectivity index (χ2n) is 3.55. The van der Waals surface area contributed by atoms with Gasteiger partial charge in [-0.05, 0) is 28.5 Å². The number of thiazole rings is 1. The molecule has 17 heavy (non-hydrogen) atoms. The summed E-state index contributed by atoms with van der Waals surface area (Å²) in [4.78, 5) is 4.26. The Kier molecular flexibility index (Phi) is 4.25. The Labute approximate surface area is 112 Å². The van der Waals surface area contributed by atoms with Gasteiger partial charge in [-0.3, -0.25) is 0 Å². The zero-order valence-corrected chi connectivity index (χ0v) is 11.7. The highest BCUT2D eigenvalue weighted by Gasteiger charge is 2.19. The summed E-state index contributed by atoms with van der Waals surface area (Å²) in [6, 6.07) is 5.12. The molecular formula is C12H12BrFN2S. The van der Waals surface area contributed by atoms with Gasteiger partial charge >= 0.3 is 0 Å². The first kappa shape index (κ1) is 12.7. The van der Waals surface area contributed by atoms with Gasteiger partial charge in [-0.15, -0.1) is 11.3 Å². The summed E-state index contributed by atoms with van der Waals surface area (Å²) in [5.74, 6) is -0.230. The van der Waals surface area contributed by atoms with E-state index in [9.17, 15) is 4.39 Å². The number of nitrogens with one attached hydrogen (secondary N) is 1. The highest BCUT2D eigenvalue weighted by Crippen LogP contribution is 2.28. The zero-order chi connectivity index (χ0) is 12.3. The number of rotatable bonds is 4. The van der Waals surface area contributed by atoms with Crippen molar-refractivity contribution in [3.05, 3.63) is 50.6 Å². The van der Waals surface area contributed by atoms with Crippen molar-refractivity contribution in [3.63, 3.8) is 0 Å². The van der Waals surface area contributed by atoms with Gasteiger partial charge in [0.05, 0.1) is 21.7 Å². The summed E-state index contributed by atoms with van der Waals surface area (Å²) < 4.78 is 14.5. The first-order valence-electron chi connectivity index (χ1n) is 5.29. The van der Waals surface area contributed by atoms with Crippen LogP contribution in [0.1, 0.15) is 24.2 Å². The molecule has 5 heteroatoms. The average Bonchev–Trinajstić information content (AvgIpc) is 2.84. The molecule has 0 radical (unpaired) electrons. The minimum atomic E-state index is -0.230. The fourth-order valence-corrected chi connectivity index (χ4v) is 2.65. The van der Waals surface area contributed by atoms with Gasteiger partial charge in [0.15, 0.2) is 0 Å². The molecule has 1 atom stereocenters. The van der Waals surface area contributed by atoms with Gasteiger partial charge in [-0.25, -0.2) is 9.37 Å². The smallest absolute Gasteiger partial charge is 0.142 e. The lowest BCUT2D eigenvalue weighted by Gasteiger charge is -2.17. The Bertz CT molecular complexity index is 487. The van der Waals surface area contributed by atoms with E-state index in [1.165, 1.54) is 11.3 Å². The molecular weight excluding hydrogens is 303 g/mol. The Balaban J connectivity index is 2.43. The predicted octanol–water partition coefficient (Wildman–Crippen LogP) is 3.74. The highest BCUT2D eigenvalue weighted by atomic mass is 79.9. The lowest BCUT2D eigenvalue weighted by Crippen LogP contribution is -2.23. The van der Waals surface area contributed by atoms with Gasteiger partial charge in [-0.2, -0.15) is 0 Å². The molecule has 0 saturated heterocycles. The molecule has 1 unspecified atom stereocenters. The average molecular weight is 315 g/mol. The quantitative estimate of drug-likeness (QED) is 0.929. The molecule has 0 fully saturated rings. The van der Waals surface area contributed by atoms with E-state index in [0.29, 0.717) is 10.0 Å². The van der Waals surface area contributed by atoms with E-state index < -0.39 is 0 Å². The molecule has 0 saturated carbocycles. The SMILES string of the molecule is CCNC(c1cscn1)c1cccc(Br)c1F. The van der Waals surface area contributed by atoms with Crippen LogP contribution in [0.3, 0.4) is 0 Å². The van der Waals surface area contributed by atoms with Crippen LogP contribution in [0.2, 0.25) is 0 Å². The van der Waals surface area contributed by atoms with Gasteiger partial charge < -0.3 is 5.32 Å². The lowest BCUT2D eigenvalue weighted by atomic mass is 10.0. The van der Waals surface area contributed by atoms with E-state index in [1.54, 1.807) is 17.6 Å². The summed E-state index contributed by atoms with van der Waals surface area (Å²) >= 11 is 4.72. The van der Waals surface area contributed by atoms with Crippen LogP contribution in [0.25, 0.3) is 0 Å². The number of hydrogen-bond donors (Lipinski definition) is 1. The van der Waals surface area contributed by atoms with Gasteiger partial charge in [0.1, 0.15) is 5.82 Å². The van der Waals surface area contributed by atoms with Crippen molar-refractivity contribution in [2.45, 2.75) is 13.0 Å². The molecule has 1 heterocycles. The minimum absolute atomic E-state index is 0.191. The molecule has 0 aliphatic carbocycles. The van der Waals surface area contributed by atoms with E-state index in [0.717, 1.165) is 12.2 Å². The first-order chi connectivity index (χ1) is 8.24. The maximum absolute atomic E-state index is 14.1. The number of hydrogen-bond acceptors (Lipinski definition) is 3. The molecule has 0 aliphatic rings. The van der Waals surface area contributed by atoms with E-state index in [4.69, 9.17) is 0 Å². The maximum Gasteiger partial charge on any atom is 0.142 e. The molecule has 0 aliphatic heterocycles. The molecule has 1 aromatic heterocycles. The van der Waals surface area contributed by atoms with Crippen LogP contribution < -0.4 is 5.32 Å². The van der Waals surface area contributed by atoms with Gasteiger partial charge in [0, 0.05) is 10.9 Å². The summed E-state index contributed by atoms with van der Waals surface area (Å²) in [7, 11) is 0. The van der Waals surface area contributed by atoms with Crippen molar-refractivity contribution in [2.24, 2.45) is 0 Å². The van der Waals surface area contributed by atoms with Gasteiger partial charge in [0.25, 0.3) is 0 Å². The molecule has 2 rings (SSSR count). The highest BCUT2D eigenvalue weighted by molar-refractivity contribution is 9.10. The summed E-state index contributed by atoms with van der Waals surface area (Å²) in [6.45, 7) is 2.75. The topological polar surface area (TPSA) is 24.9 Å².